The van der Waals surface area contributed by atoms with Crippen LogP contribution in [0.15, 0.2) is 18.2 Å². The molecule has 3 heterocycles. The molecule has 4 nitrogen and oxygen atoms in total. The molecule has 0 N–H and O–H groups in total. The number of aromatic nitrogens is 3. The molecule has 0 saturated carbocycles. The summed E-state index contributed by atoms with van der Waals surface area (Å²) in [6.45, 7) is 8.91. The molecule has 2 aromatic heterocycles. The SMILES string of the molecule is Cc1cccc2nnc(C3CCN(C(C)C)C3)n12. The second kappa shape index (κ2) is 4.35. The van der Waals surface area contributed by atoms with Crippen LogP contribution in [0, 0.1) is 6.92 Å². The molecular weight excluding hydrogens is 224 g/mol. The molecule has 1 atom stereocenters. The molecule has 4 heteroatoms. The number of hydrogen-bond donors (Lipinski definition) is 0. The maximum absolute atomic E-state index is 4.42. The van der Waals surface area contributed by atoms with Crippen molar-refractivity contribution in [2.24, 2.45) is 0 Å². The van der Waals surface area contributed by atoms with E-state index in [9.17, 15) is 0 Å². The first-order valence-electron chi connectivity index (χ1n) is 6.71. The molecule has 1 aliphatic rings. The standard InChI is InChI=1S/C14H20N4/c1-10(2)17-8-7-12(9-17)14-16-15-13-6-4-5-11(3)18(13)14/h4-6,10,12H,7-9H2,1-3H3. The lowest BCUT2D eigenvalue weighted by Gasteiger charge is -2.19. The number of pyridine rings is 1. The third-order valence-electron chi connectivity index (χ3n) is 3.96. The van der Waals surface area contributed by atoms with Crippen LogP contribution in [0.2, 0.25) is 0 Å². The van der Waals surface area contributed by atoms with Gasteiger partial charge >= 0.3 is 0 Å². The van der Waals surface area contributed by atoms with Crippen molar-refractivity contribution < 1.29 is 0 Å². The molecule has 0 radical (unpaired) electrons. The van der Waals surface area contributed by atoms with Gasteiger partial charge in [-0.15, -0.1) is 10.2 Å². The van der Waals surface area contributed by atoms with Gasteiger partial charge < -0.3 is 4.90 Å². The van der Waals surface area contributed by atoms with E-state index in [1.165, 1.54) is 18.7 Å². The van der Waals surface area contributed by atoms with Gasteiger partial charge in [-0.1, -0.05) is 6.07 Å². The van der Waals surface area contributed by atoms with Crippen LogP contribution in [-0.4, -0.2) is 38.6 Å². The van der Waals surface area contributed by atoms with Crippen molar-refractivity contribution in [1.29, 1.82) is 0 Å². The Morgan fingerprint density at radius 3 is 2.83 bits per heavy atom. The van der Waals surface area contributed by atoms with Crippen molar-refractivity contribution in [3.05, 3.63) is 29.7 Å². The highest BCUT2D eigenvalue weighted by Crippen LogP contribution is 2.27. The third kappa shape index (κ3) is 1.81. The molecule has 0 spiro atoms. The number of aryl methyl sites for hydroxylation is 1. The van der Waals surface area contributed by atoms with E-state index in [4.69, 9.17) is 0 Å². The van der Waals surface area contributed by atoms with E-state index < -0.39 is 0 Å². The molecular formula is C14H20N4. The summed E-state index contributed by atoms with van der Waals surface area (Å²) in [5.74, 6) is 1.65. The fourth-order valence-corrected chi connectivity index (χ4v) is 2.86. The summed E-state index contributed by atoms with van der Waals surface area (Å²) in [6, 6.07) is 6.81. The average molecular weight is 244 g/mol. The highest BCUT2D eigenvalue weighted by molar-refractivity contribution is 5.40. The van der Waals surface area contributed by atoms with Crippen molar-refractivity contribution in [1.82, 2.24) is 19.5 Å². The third-order valence-corrected chi connectivity index (χ3v) is 3.96. The number of fused-ring (bicyclic) bond motifs is 1. The summed E-state index contributed by atoms with van der Waals surface area (Å²) in [4.78, 5) is 2.52. The number of likely N-dealkylation sites (tertiary alicyclic amines) is 1. The Morgan fingerprint density at radius 2 is 2.11 bits per heavy atom. The normalized spacial score (nSPS) is 21.2. The number of rotatable bonds is 2. The van der Waals surface area contributed by atoms with E-state index in [1.54, 1.807) is 0 Å². The van der Waals surface area contributed by atoms with Crippen molar-refractivity contribution >= 4 is 5.65 Å². The van der Waals surface area contributed by atoms with Gasteiger partial charge in [-0.25, -0.2) is 0 Å². The van der Waals surface area contributed by atoms with Gasteiger partial charge in [-0.3, -0.25) is 4.40 Å². The van der Waals surface area contributed by atoms with Crippen LogP contribution in [-0.2, 0) is 0 Å². The van der Waals surface area contributed by atoms with Gasteiger partial charge in [0.15, 0.2) is 5.65 Å². The molecule has 2 aromatic rings. The summed E-state index contributed by atoms with van der Waals surface area (Å²) >= 11 is 0. The summed E-state index contributed by atoms with van der Waals surface area (Å²) in [6.07, 6.45) is 1.19. The first-order chi connectivity index (χ1) is 8.66. The van der Waals surface area contributed by atoms with Crippen LogP contribution in [0.4, 0.5) is 0 Å². The van der Waals surface area contributed by atoms with Gasteiger partial charge in [-0.05, 0) is 45.9 Å². The maximum Gasteiger partial charge on any atom is 0.160 e. The second-order valence-electron chi connectivity index (χ2n) is 5.49. The molecule has 0 amide bonds. The van der Waals surface area contributed by atoms with Gasteiger partial charge in [0, 0.05) is 24.2 Å². The zero-order chi connectivity index (χ0) is 12.7. The van der Waals surface area contributed by atoms with Crippen LogP contribution >= 0.6 is 0 Å². The van der Waals surface area contributed by atoms with Crippen molar-refractivity contribution in [2.75, 3.05) is 13.1 Å². The Balaban J connectivity index is 1.96. The minimum Gasteiger partial charge on any atom is -0.300 e. The van der Waals surface area contributed by atoms with Crippen LogP contribution in [0.1, 0.15) is 37.7 Å². The Hall–Kier alpha value is -1.42. The van der Waals surface area contributed by atoms with E-state index in [0.29, 0.717) is 12.0 Å². The number of nitrogens with zero attached hydrogens (tertiary/aromatic N) is 4. The quantitative estimate of drug-likeness (QED) is 0.812. The summed E-state index contributed by atoms with van der Waals surface area (Å²) in [5, 5.41) is 8.71. The number of hydrogen-bond acceptors (Lipinski definition) is 3. The monoisotopic (exact) mass is 244 g/mol. The molecule has 1 aliphatic heterocycles. The molecule has 18 heavy (non-hydrogen) atoms. The predicted molar refractivity (Wildman–Crippen MR) is 71.8 cm³/mol. The summed E-state index contributed by atoms with van der Waals surface area (Å²) in [5.41, 5.74) is 2.18. The van der Waals surface area contributed by atoms with E-state index >= 15 is 0 Å². The van der Waals surface area contributed by atoms with Gasteiger partial charge in [0.25, 0.3) is 0 Å². The van der Waals surface area contributed by atoms with Crippen LogP contribution in [0.5, 0.6) is 0 Å². The zero-order valence-electron chi connectivity index (χ0n) is 11.3. The molecule has 96 valence electrons. The van der Waals surface area contributed by atoms with Crippen LogP contribution in [0.25, 0.3) is 5.65 Å². The van der Waals surface area contributed by atoms with Crippen LogP contribution in [0.3, 0.4) is 0 Å². The maximum atomic E-state index is 4.42. The lowest BCUT2D eigenvalue weighted by molar-refractivity contribution is 0.271. The predicted octanol–water partition coefficient (Wildman–Crippen LogP) is 2.24. The molecule has 1 fully saturated rings. The Morgan fingerprint density at radius 1 is 1.28 bits per heavy atom. The minimum atomic E-state index is 0.517. The molecule has 1 saturated heterocycles. The summed E-state index contributed by atoms with van der Waals surface area (Å²) in [7, 11) is 0. The van der Waals surface area contributed by atoms with Crippen molar-refractivity contribution in [3.63, 3.8) is 0 Å². The molecule has 0 bridgehead atoms. The van der Waals surface area contributed by atoms with Gasteiger partial charge in [0.1, 0.15) is 5.82 Å². The fourth-order valence-electron chi connectivity index (χ4n) is 2.86. The smallest absolute Gasteiger partial charge is 0.160 e. The van der Waals surface area contributed by atoms with E-state index in [1.807, 2.05) is 12.1 Å². The van der Waals surface area contributed by atoms with Crippen LogP contribution < -0.4 is 0 Å². The summed E-state index contributed by atoms with van der Waals surface area (Å²) < 4.78 is 2.20. The molecule has 3 rings (SSSR count). The van der Waals surface area contributed by atoms with Crippen molar-refractivity contribution in [3.8, 4) is 0 Å². The first kappa shape index (κ1) is 11.7. The molecule has 0 aromatic carbocycles. The zero-order valence-corrected chi connectivity index (χ0v) is 11.3. The first-order valence-corrected chi connectivity index (χ1v) is 6.71. The lowest BCUT2D eigenvalue weighted by Crippen LogP contribution is -2.28. The largest absolute Gasteiger partial charge is 0.300 e. The molecule has 0 aliphatic carbocycles. The Labute approximate surface area is 108 Å². The fraction of sp³-hybridized carbons (Fsp3) is 0.571. The van der Waals surface area contributed by atoms with Gasteiger partial charge in [0.2, 0.25) is 0 Å². The van der Waals surface area contributed by atoms with E-state index in [2.05, 4.69) is 46.3 Å². The minimum absolute atomic E-state index is 0.517. The van der Waals surface area contributed by atoms with E-state index in [-0.39, 0.29) is 0 Å². The van der Waals surface area contributed by atoms with Gasteiger partial charge in [0.05, 0.1) is 0 Å². The Bertz CT molecular complexity index is 558. The highest BCUT2D eigenvalue weighted by atomic mass is 15.3. The Kier molecular flexibility index (Phi) is 2.82. The van der Waals surface area contributed by atoms with Crippen molar-refractivity contribution in [2.45, 2.75) is 39.2 Å². The molecule has 1 unspecified atom stereocenters. The average Bonchev–Trinajstić information content (AvgIpc) is 2.94. The van der Waals surface area contributed by atoms with Gasteiger partial charge in [-0.2, -0.15) is 0 Å². The lowest BCUT2D eigenvalue weighted by atomic mass is 10.1. The topological polar surface area (TPSA) is 33.4 Å². The van der Waals surface area contributed by atoms with E-state index in [0.717, 1.165) is 18.0 Å². The highest BCUT2D eigenvalue weighted by Gasteiger charge is 2.28. The second-order valence-corrected chi connectivity index (χ2v) is 5.49.